The number of amides is 3. The third-order valence-electron chi connectivity index (χ3n) is 2.83. The molecule has 0 rings (SSSR count). The second-order valence-corrected chi connectivity index (χ2v) is 6.06. The molecule has 0 saturated carbocycles. The van der Waals surface area contributed by atoms with Crippen LogP contribution in [0, 0.1) is 0 Å². The highest BCUT2D eigenvalue weighted by molar-refractivity contribution is 5.81. The Bertz CT molecular complexity index is 377. The van der Waals surface area contributed by atoms with Crippen LogP contribution in [0.2, 0.25) is 0 Å². The van der Waals surface area contributed by atoms with Crippen LogP contribution < -0.4 is 10.6 Å². The quantitative estimate of drug-likeness (QED) is 0.657. The average Bonchev–Trinajstić information content (AvgIpc) is 2.32. The van der Waals surface area contributed by atoms with Crippen LogP contribution in [0.5, 0.6) is 0 Å². The summed E-state index contributed by atoms with van der Waals surface area (Å²) in [6.07, 6.45) is 0.815. The topological polar surface area (TPSA) is 98.7 Å². The number of carbonyl (C=O) groups is 3. The molecule has 7 nitrogen and oxygen atoms in total. The number of hydrogen-bond acceptors (Lipinski definition) is 3. The van der Waals surface area contributed by atoms with Gasteiger partial charge in [-0.2, -0.15) is 0 Å². The summed E-state index contributed by atoms with van der Waals surface area (Å²) in [6, 6.07) is -0.639. The molecule has 0 aliphatic carbocycles. The third kappa shape index (κ3) is 8.88. The standard InChI is InChI=1S/C14H27N3O4/c1-6-10(2)17(9-12(19)20)13(21)15-8-7-11(18)16-14(3,4)5/h10H,6-9H2,1-5H3,(H,15,21)(H,16,18)(H,19,20). The van der Waals surface area contributed by atoms with E-state index in [0.717, 1.165) is 0 Å². The minimum atomic E-state index is -1.06. The molecule has 0 aromatic carbocycles. The summed E-state index contributed by atoms with van der Waals surface area (Å²) in [7, 11) is 0. The van der Waals surface area contributed by atoms with Crippen molar-refractivity contribution in [3.63, 3.8) is 0 Å². The van der Waals surface area contributed by atoms with Crippen molar-refractivity contribution in [3.8, 4) is 0 Å². The van der Waals surface area contributed by atoms with E-state index in [1.165, 1.54) is 4.90 Å². The van der Waals surface area contributed by atoms with Gasteiger partial charge < -0.3 is 20.6 Å². The summed E-state index contributed by atoms with van der Waals surface area (Å²) < 4.78 is 0. The number of aliphatic carboxylic acids is 1. The number of hydrogen-bond donors (Lipinski definition) is 3. The SMILES string of the molecule is CCC(C)N(CC(=O)O)C(=O)NCCC(=O)NC(C)(C)C. The fourth-order valence-electron chi connectivity index (χ4n) is 1.66. The summed E-state index contributed by atoms with van der Waals surface area (Å²) in [4.78, 5) is 35.6. The maximum Gasteiger partial charge on any atom is 0.323 e. The van der Waals surface area contributed by atoms with E-state index >= 15 is 0 Å². The minimum Gasteiger partial charge on any atom is -0.480 e. The lowest BCUT2D eigenvalue weighted by molar-refractivity contribution is -0.138. The fourth-order valence-corrected chi connectivity index (χ4v) is 1.66. The molecule has 7 heteroatoms. The summed E-state index contributed by atoms with van der Waals surface area (Å²) in [5.74, 6) is -1.22. The fraction of sp³-hybridized carbons (Fsp3) is 0.786. The van der Waals surface area contributed by atoms with Crippen LogP contribution in [-0.2, 0) is 9.59 Å². The molecule has 0 radical (unpaired) electrons. The highest BCUT2D eigenvalue weighted by atomic mass is 16.4. The van der Waals surface area contributed by atoms with E-state index in [4.69, 9.17) is 5.11 Å². The van der Waals surface area contributed by atoms with Gasteiger partial charge in [-0.15, -0.1) is 0 Å². The molecular formula is C14H27N3O4. The van der Waals surface area contributed by atoms with Crippen molar-refractivity contribution in [1.82, 2.24) is 15.5 Å². The zero-order valence-corrected chi connectivity index (χ0v) is 13.5. The Hall–Kier alpha value is -1.79. The van der Waals surface area contributed by atoms with Crippen molar-refractivity contribution in [2.45, 2.75) is 59.0 Å². The van der Waals surface area contributed by atoms with Crippen LogP contribution in [0.15, 0.2) is 0 Å². The Morgan fingerprint density at radius 2 is 1.81 bits per heavy atom. The zero-order valence-electron chi connectivity index (χ0n) is 13.5. The molecule has 0 fully saturated rings. The van der Waals surface area contributed by atoms with Crippen molar-refractivity contribution in [1.29, 1.82) is 0 Å². The van der Waals surface area contributed by atoms with Crippen molar-refractivity contribution in [3.05, 3.63) is 0 Å². The van der Waals surface area contributed by atoms with Crippen LogP contribution in [0.25, 0.3) is 0 Å². The summed E-state index contributed by atoms with van der Waals surface area (Å²) in [6.45, 7) is 9.11. The Labute approximate surface area is 126 Å². The lowest BCUT2D eigenvalue weighted by Gasteiger charge is -2.27. The van der Waals surface area contributed by atoms with Crippen molar-refractivity contribution >= 4 is 17.9 Å². The number of nitrogens with one attached hydrogen (secondary N) is 2. The molecule has 0 aliphatic heterocycles. The molecule has 0 aromatic rings. The molecule has 1 atom stereocenters. The van der Waals surface area contributed by atoms with Gasteiger partial charge in [0.15, 0.2) is 0 Å². The molecule has 21 heavy (non-hydrogen) atoms. The first-order chi connectivity index (χ1) is 9.56. The molecule has 0 bridgehead atoms. The van der Waals surface area contributed by atoms with E-state index in [9.17, 15) is 14.4 Å². The van der Waals surface area contributed by atoms with E-state index in [2.05, 4.69) is 10.6 Å². The molecule has 0 aromatic heterocycles. The Morgan fingerprint density at radius 3 is 2.24 bits per heavy atom. The van der Waals surface area contributed by atoms with E-state index < -0.39 is 12.0 Å². The molecule has 0 aliphatic rings. The zero-order chi connectivity index (χ0) is 16.6. The number of nitrogens with zero attached hydrogens (tertiary/aromatic N) is 1. The third-order valence-corrected chi connectivity index (χ3v) is 2.83. The normalized spacial score (nSPS) is 12.4. The van der Waals surface area contributed by atoms with Crippen LogP contribution in [-0.4, -0.2) is 52.6 Å². The molecule has 0 saturated heterocycles. The van der Waals surface area contributed by atoms with Crippen molar-refractivity contribution in [2.75, 3.05) is 13.1 Å². The number of carbonyl (C=O) groups excluding carboxylic acids is 2. The number of rotatable bonds is 7. The van der Waals surface area contributed by atoms with Gasteiger partial charge in [0.05, 0.1) is 0 Å². The highest BCUT2D eigenvalue weighted by Gasteiger charge is 2.21. The lowest BCUT2D eigenvalue weighted by Crippen LogP contribution is -2.48. The van der Waals surface area contributed by atoms with Crippen LogP contribution in [0.3, 0.4) is 0 Å². The predicted molar refractivity (Wildman–Crippen MR) is 80.0 cm³/mol. The van der Waals surface area contributed by atoms with Gasteiger partial charge in [0.2, 0.25) is 5.91 Å². The maximum atomic E-state index is 12.0. The Morgan fingerprint density at radius 1 is 1.24 bits per heavy atom. The lowest BCUT2D eigenvalue weighted by atomic mass is 10.1. The van der Waals surface area contributed by atoms with E-state index in [-0.39, 0.29) is 37.0 Å². The van der Waals surface area contributed by atoms with Gasteiger partial charge in [-0.25, -0.2) is 4.79 Å². The van der Waals surface area contributed by atoms with Gasteiger partial charge in [-0.05, 0) is 34.1 Å². The highest BCUT2D eigenvalue weighted by Crippen LogP contribution is 2.04. The van der Waals surface area contributed by atoms with Gasteiger partial charge in [-0.1, -0.05) is 6.92 Å². The predicted octanol–water partition coefficient (Wildman–Crippen LogP) is 1.19. The van der Waals surface area contributed by atoms with Gasteiger partial charge in [0.25, 0.3) is 0 Å². The number of carboxylic acid groups (broad SMARTS) is 1. The van der Waals surface area contributed by atoms with Crippen LogP contribution in [0.1, 0.15) is 47.5 Å². The Balaban J connectivity index is 4.32. The summed E-state index contributed by atoms with van der Waals surface area (Å²) in [5.41, 5.74) is -0.312. The molecule has 122 valence electrons. The number of urea groups is 1. The molecule has 0 spiro atoms. The van der Waals surface area contributed by atoms with Crippen molar-refractivity contribution in [2.24, 2.45) is 0 Å². The first-order valence-corrected chi connectivity index (χ1v) is 7.14. The first-order valence-electron chi connectivity index (χ1n) is 7.14. The summed E-state index contributed by atoms with van der Waals surface area (Å²) >= 11 is 0. The van der Waals surface area contributed by atoms with E-state index in [1.807, 2.05) is 27.7 Å². The monoisotopic (exact) mass is 301 g/mol. The maximum absolute atomic E-state index is 12.0. The van der Waals surface area contributed by atoms with Crippen molar-refractivity contribution < 1.29 is 19.5 Å². The smallest absolute Gasteiger partial charge is 0.323 e. The van der Waals surface area contributed by atoms with Gasteiger partial charge in [0, 0.05) is 24.5 Å². The van der Waals surface area contributed by atoms with Gasteiger partial charge >= 0.3 is 12.0 Å². The Kier molecular flexibility index (Phi) is 7.76. The molecular weight excluding hydrogens is 274 g/mol. The van der Waals surface area contributed by atoms with Gasteiger partial charge in [0.1, 0.15) is 6.54 Å². The van der Waals surface area contributed by atoms with E-state index in [0.29, 0.717) is 6.42 Å². The summed E-state index contributed by atoms with van der Waals surface area (Å²) in [5, 5.41) is 14.2. The molecule has 0 heterocycles. The minimum absolute atomic E-state index is 0.156. The average molecular weight is 301 g/mol. The molecule has 3 amide bonds. The first kappa shape index (κ1) is 19.2. The molecule has 1 unspecified atom stereocenters. The second kappa shape index (κ2) is 8.49. The molecule has 3 N–H and O–H groups in total. The number of carboxylic acids is 1. The largest absolute Gasteiger partial charge is 0.480 e. The second-order valence-electron chi connectivity index (χ2n) is 6.06. The van der Waals surface area contributed by atoms with Crippen LogP contribution >= 0.6 is 0 Å². The van der Waals surface area contributed by atoms with E-state index in [1.54, 1.807) is 6.92 Å². The van der Waals surface area contributed by atoms with Crippen LogP contribution in [0.4, 0.5) is 4.79 Å². The van der Waals surface area contributed by atoms with Gasteiger partial charge in [-0.3, -0.25) is 9.59 Å².